The normalized spacial score (nSPS) is 24.5. The molecule has 0 radical (unpaired) electrons. The summed E-state index contributed by atoms with van der Waals surface area (Å²) in [5, 5.41) is 4.31. The lowest BCUT2D eigenvalue weighted by Crippen LogP contribution is -2.27. The first-order valence-corrected chi connectivity index (χ1v) is 9.59. The van der Waals surface area contributed by atoms with Gasteiger partial charge in [-0.1, -0.05) is 13.8 Å². The third-order valence-electron chi connectivity index (χ3n) is 5.58. The molecule has 2 fully saturated rings. The van der Waals surface area contributed by atoms with Crippen molar-refractivity contribution < 1.29 is 17.9 Å². The van der Waals surface area contributed by atoms with E-state index in [1.807, 2.05) is 13.8 Å². The van der Waals surface area contributed by atoms with Crippen molar-refractivity contribution in [3.63, 3.8) is 0 Å². The smallest absolute Gasteiger partial charge is 0.381 e. The molecular weight excluding hydrogens is 357 g/mol. The zero-order valence-electron chi connectivity index (χ0n) is 15.7. The molecule has 2 aromatic rings. The Bertz CT molecular complexity index is 811. The molecule has 2 aromatic heterocycles. The van der Waals surface area contributed by atoms with E-state index in [4.69, 9.17) is 4.74 Å². The largest absolute Gasteiger partial charge is 0.433 e. The van der Waals surface area contributed by atoms with Crippen LogP contribution >= 0.6 is 0 Å². The van der Waals surface area contributed by atoms with E-state index in [-0.39, 0.29) is 17.5 Å². The quantitative estimate of drug-likeness (QED) is 0.809. The molecule has 0 aromatic carbocycles. The first kappa shape index (κ1) is 18.7. The molecule has 0 unspecified atom stereocenters. The van der Waals surface area contributed by atoms with Gasteiger partial charge in [0.25, 0.3) is 0 Å². The molecule has 2 atom stereocenters. The van der Waals surface area contributed by atoms with E-state index in [1.54, 1.807) is 6.07 Å². The van der Waals surface area contributed by atoms with Crippen molar-refractivity contribution in [1.82, 2.24) is 19.5 Å². The van der Waals surface area contributed by atoms with E-state index < -0.39 is 11.9 Å². The molecule has 2 aliphatic rings. The summed E-state index contributed by atoms with van der Waals surface area (Å²) in [6.45, 7) is 8.11. The van der Waals surface area contributed by atoms with Gasteiger partial charge in [-0.2, -0.15) is 18.3 Å². The number of hydrogen-bond donors (Lipinski definition) is 0. The van der Waals surface area contributed by atoms with Crippen molar-refractivity contribution in [3.05, 3.63) is 29.2 Å². The molecule has 5 nitrogen and oxygen atoms in total. The van der Waals surface area contributed by atoms with E-state index in [0.29, 0.717) is 17.3 Å². The van der Waals surface area contributed by atoms with Crippen LogP contribution in [0.1, 0.15) is 55.6 Å². The van der Waals surface area contributed by atoms with Gasteiger partial charge in [-0.15, -0.1) is 0 Å². The van der Waals surface area contributed by atoms with Crippen LogP contribution in [0, 0.1) is 5.92 Å². The second kappa shape index (κ2) is 7.05. The number of aromatic nitrogens is 3. The van der Waals surface area contributed by atoms with Gasteiger partial charge >= 0.3 is 6.18 Å². The lowest BCUT2D eigenvalue weighted by Gasteiger charge is -2.18. The fraction of sp³-hybridized carbons (Fsp3) is 0.684. The van der Waals surface area contributed by atoms with Crippen molar-refractivity contribution in [3.8, 4) is 0 Å². The van der Waals surface area contributed by atoms with Crippen molar-refractivity contribution >= 4 is 5.65 Å². The SMILES string of the molecule is CC(C)c1cc(C(F)(F)F)n2nc([C@@H]3CCN(C[C@H]4CCOC4)C3)cc2n1. The Balaban J connectivity index is 1.59. The zero-order valence-corrected chi connectivity index (χ0v) is 15.7. The van der Waals surface area contributed by atoms with E-state index >= 15 is 0 Å². The topological polar surface area (TPSA) is 42.7 Å². The number of fused-ring (bicyclic) bond motifs is 1. The number of likely N-dealkylation sites (tertiary alicyclic amines) is 1. The minimum atomic E-state index is -4.46. The van der Waals surface area contributed by atoms with Crippen LogP contribution in [0.3, 0.4) is 0 Å². The number of nitrogens with zero attached hydrogens (tertiary/aromatic N) is 4. The second-order valence-corrected chi connectivity index (χ2v) is 8.03. The maximum atomic E-state index is 13.5. The van der Waals surface area contributed by atoms with Crippen LogP contribution in [0.25, 0.3) is 5.65 Å². The van der Waals surface area contributed by atoms with Crippen molar-refractivity contribution in [1.29, 1.82) is 0 Å². The van der Waals surface area contributed by atoms with Crippen molar-refractivity contribution in [2.45, 2.75) is 44.7 Å². The Morgan fingerprint density at radius 2 is 2.07 bits per heavy atom. The second-order valence-electron chi connectivity index (χ2n) is 8.03. The van der Waals surface area contributed by atoms with E-state index in [0.717, 1.165) is 56.3 Å². The molecule has 0 N–H and O–H groups in total. The Labute approximate surface area is 156 Å². The highest BCUT2D eigenvalue weighted by molar-refractivity contribution is 5.44. The highest BCUT2D eigenvalue weighted by atomic mass is 19.4. The molecule has 2 saturated heterocycles. The van der Waals surface area contributed by atoms with Gasteiger partial charge in [0, 0.05) is 37.4 Å². The summed E-state index contributed by atoms with van der Waals surface area (Å²) in [6, 6.07) is 2.85. The van der Waals surface area contributed by atoms with E-state index in [9.17, 15) is 13.2 Å². The molecule has 0 saturated carbocycles. The standard InChI is InChI=1S/C19H25F3N4O/c1-12(2)15-7-17(19(20,21)22)26-18(23-15)8-16(24-26)14-3-5-25(10-14)9-13-4-6-27-11-13/h7-8,12-14H,3-6,9-11H2,1-2H3/t13-,14-/m1/s1. The van der Waals surface area contributed by atoms with Crippen LogP contribution in [0.2, 0.25) is 0 Å². The molecule has 2 aliphatic heterocycles. The first-order valence-electron chi connectivity index (χ1n) is 9.59. The van der Waals surface area contributed by atoms with Crippen LogP contribution in [-0.4, -0.2) is 52.3 Å². The summed E-state index contributed by atoms with van der Waals surface area (Å²) in [5.41, 5.74) is 0.682. The number of hydrogen-bond acceptors (Lipinski definition) is 4. The maximum absolute atomic E-state index is 13.5. The van der Waals surface area contributed by atoms with Gasteiger partial charge in [0.2, 0.25) is 0 Å². The first-order chi connectivity index (χ1) is 12.8. The third-order valence-corrected chi connectivity index (χ3v) is 5.58. The van der Waals surface area contributed by atoms with Crippen molar-refractivity contribution in [2.24, 2.45) is 5.92 Å². The fourth-order valence-corrected chi connectivity index (χ4v) is 4.04. The van der Waals surface area contributed by atoms with E-state index in [2.05, 4.69) is 15.0 Å². The molecule has 0 spiro atoms. The molecule has 148 valence electrons. The molecule has 0 bridgehead atoms. The number of ether oxygens (including phenoxy) is 1. The summed E-state index contributed by atoms with van der Waals surface area (Å²) in [7, 11) is 0. The summed E-state index contributed by atoms with van der Waals surface area (Å²) in [4.78, 5) is 6.79. The number of rotatable bonds is 4. The zero-order chi connectivity index (χ0) is 19.2. The van der Waals surface area contributed by atoms with Crippen LogP contribution in [0.4, 0.5) is 13.2 Å². The molecule has 4 rings (SSSR count). The van der Waals surface area contributed by atoms with Gasteiger partial charge in [0.1, 0.15) is 5.69 Å². The minimum absolute atomic E-state index is 0.0787. The van der Waals surface area contributed by atoms with Gasteiger partial charge in [0.15, 0.2) is 5.65 Å². The van der Waals surface area contributed by atoms with Gasteiger partial charge in [0.05, 0.1) is 12.3 Å². The summed E-state index contributed by atoms with van der Waals surface area (Å²) in [6.07, 6.45) is -2.46. The average molecular weight is 382 g/mol. The van der Waals surface area contributed by atoms with Gasteiger partial charge in [-0.3, -0.25) is 0 Å². The lowest BCUT2D eigenvalue weighted by molar-refractivity contribution is -0.142. The summed E-state index contributed by atoms with van der Waals surface area (Å²) in [5.74, 6) is 0.638. The molecule has 8 heteroatoms. The fourth-order valence-electron chi connectivity index (χ4n) is 4.04. The number of alkyl halides is 3. The van der Waals surface area contributed by atoms with Crippen molar-refractivity contribution in [2.75, 3.05) is 32.8 Å². The molecule has 4 heterocycles. The third kappa shape index (κ3) is 3.82. The Morgan fingerprint density at radius 1 is 1.26 bits per heavy atom. The highest BCUT2D eigenvalue weighted by Crippen LogP contribution is 2.33. The average Bonchev–Trinajstić information content (AvgIpc) is 3.33. The lowest BCUT2D eigenvalue weighted by atomic mass is 10.1. The Morgan fingerprint density at radius 3 is 2.74 bits per heavy atom. The minimum Gasteiger partial charge on any atom is -0.381 e. The summed E-state index contributed by atoms with van der Waals surface area (Å²) >= 11 is 0. The Kier molecular flexibility index (Phi) is 4.88. The van der Waals surface area contributed by atoms with Gasteiger partial charge in [-0.25, -0.2) is 9.50 Å². The molecular formula is C19H25F3N4O. The summed E-state index contributed by atoms with van der Waals surface area (Å²) < 4.78 is 47.0. The van der Waals surface area contributed by atoms with Gasteiger partial charge in [-0.05, 0) is 37.3 Å². The number of halogens is 3. The van der Waals surface area contributed by atoms with Crippen LogP contribution in [0.5, 0.6) is 0 Å². The predicted octanol–water partition coefficient (Wildman–Crippen LogP) is 3.70. The van der Waals surface area contributed by atoms with Crippen LogP contribution in [0.15, 0.2) is 12.1 Å². The molecule has 0 aliphatic carbocycles. The van der Waals surface area contributed by atoms with E-state index in [1.165, 1.54) is 0 Å². The molecule has 27 heavy (non-hydrogen) atoms. The highest BCUT2D eigenvalue weighted by Gasteiger charge is 2.36. The molecule has 0 amide bonds. The van der Waals surface area contributed by atoms with Crippen LogP contribution in [-0.2, 0) is 10.9 Å². The van der Waals surface area contributed by atoms with Crippen LogP contribution < -0.4 is 0 Å². The Hall–Kier alpha value is -1.67. The monoisotopic (exact) mass is 382 g/mol. The predicted molar refractivity (Wildman–Crippen MR) is 94.8 cm³/mol. The maximum Gasteiger partial charge on any atom is 0.433 e. The van der Waals surface area contributed by atoms with Gasteiger partial charge < -0.3 is 9.64 Å².